The third-order valence-corrected chi connectivity index (χ3v) is 3.17. The summed E-state index contributed by atoms with van der Waals surface area (Å²) in [6.07, 6.45) is 0. The predicted octanol–water partition coefficient (Wildman–Crippen LogP) is 2.67. The lowest BCUT2D eigenvalue weighted by Gasteiger charge is -2.10. The molecule has 2 heterocycles. The fourth-order valence-corrected chi connectivity index (χ4v) is 2.11. The number of hydrogen-bond acceptors (Lipinski definition) is 6. The quantitative estimate of drug-likeness (QED) is 0.800. The van der Waals surface area contributed by atoms with Crippen LogP contribution in [-0.4, -0.2) is 28.7 Å². The standard InChI is InChI=1S/C14H14N4O3.C2H6/c1-15-14-17-10(11(20-3)13(19)18(14)2)12-16-8-6-4-5-7-9(8)21-12;1-2/h4-7H,1-3H3,(H,15,17);1-2H3. The molecule has 0 fully saturated rings. The van der Waals surface area contributed by atoms with Crippen molar-refractivity contribution in [2.45, 2.75) is 13.8 Å². The van der Waals surface area contributed by atoms with Gasteiger partial charge in [-0.2, -0.15) is 0 Å². The second-order valence-corrected chi connectivity index (χ2v) is 4.42. The van der Waals surface area contributed by atoms with E-state index < -0.39 is 0 Å². The Morgan fingerprint density at radius 2 is 1.91 bits per heavy atom. The zero-order chi connectivity index (χ0) is 17.0. The van der Waals surface area contributed by atoms with Crippen LogP contribution in [0.1, 0.15) is 13.8 Å². The van der Waals surface area contributed by atoms with Crippen molar-refractivity contribution in [3.8, 4) is 17.3 Å². The van der Waals surface area contributed by atoms with Gasteiger partial charge in [0.1, 0.15) is 5.52 Å². The number of fused-ring (bicyclic) bond motifs is 1. The fraction of sp³-hybridized carbons (Fsp3) is 0.312. The summed E-state index contributed by atoms with van der Waals surface area (Å²) in [6, 6.07) is 7.35. The summed E-state index contributed by atoms with van der Waals surface area (Å²) in [7, 11) is 4.72. The monoisotopic (exact) mass is 316 g/mol. The molecule has 0 aliphatic rings. The highest BCUT2D eigenvalue weighted by Crippen LogP contribution is 2.28. The van der Waals surface area contributed by atoms with Gasteiger partial charge in [0.2, 0.25) is 11.7 Å². The van der Waals surface area contributed by atoms with Crippen molar-refractivity contribution in [3.05, 3.63) is 34.6 Å². The van der Waals surface area contributed by atoms with E-state index in [2.05, 4.69) is 15.3 Å². The van der Waals surface area contributed by atoms with Gasteiger partial charge >= 0.3 is 0 Å². The molecule has 0 radical (unpaired) electrons. The number of rotatable bonds is 3. The number of anilines is 1. The Bertz CT molecular complexity index is 834. The molecule has 0 bridgehead atoms. The van der Waals surface area contributed by atoms with Gasteiger partial charge in [-0.1, -0.05) is 26.0 Å². The van der Waals surface area contributed by atoms with E-state index in [-0.39, 0.29) is 22.9 Å². The van der Waals surface area contributed by atoms with E-state index in [0.29, 0.717) is 17.0 Å². The number of oxazole rings is 1. The third kappa shape index (κ3) is 2.90. The molecule has 0 amide bonds. The second kappa shape index (κ2) is 6.95. The van der Waals surface area contributed by atoms with Crippen molar-refractivity contribution >= 4 is 17.0 Å². The van der Waals surface area contributed by atoms with E-state index in [1.54, 1.807) is 20.2 Å². The average molecular weight is 316 g/mol. The van der Waals surface area contributed by atoms with E-state index in [0.717, 1.165) is 0 Å². The average Bonchev–Trinajstić information content (AvgIpc) is 3.02. The molecular weight excluding hydrogens is 296 g/mol. The summed E-state index contributed by atoms with van der Waals surface area (Å²) in [5, 5.41) is 2.86. The smallest absolute Gasteiger partial charge is 0.297 e. The number of methoxy groups -OCH3 is 1. The van der Waals surface area contributed by atoms with Crippen molar-refractivity contribution in [1.82, 2.24) is 14.5 Å². The molecule has 7 nitrogen and oxygen atoms in total. The van der Waals surface area contributed by atoms with Crippen molar-refractivity contribution in [3.63, 3.8) is 0 Å². The Labute approximate surface area is 133 Å². The molecule has 7 heteroatoms. The molecule has 0 atom stereocenters. The molecule has 1 aromatic carbocycles. The van der Waals surface area contributed by atoms with Crippen LogP contribution in [0.4, 0.5) is 5.95 Å². The normalized spacial score (nSPS) is 10.1. The first kappa shape index (κ1) is 16.5. The van der Waals surface area contributed by atoms with Crippen LogP contribution in [0.3, 0.4) is 0 Å². The van der Waals surface area contributed by atoms with Gasteiger partial charge < -0.3 is 14.5 Å². The zero-order valence-corrected chi connectivity index (χ0v) is 13.9. The van der Waals surface area contributed by atoms with Gasteiger partial charge in [0.15, 0.2) is 11.3 Å². The molecule has 3 aromatic rings. The number of para-hydroxylation sites is 2. The number of hydrogen-bond donors (Lipinski definition) is 1. The first-order chi connectivity index (χ1) is 11.2. The van der Waals surface area contributed by atoms with E-state index in [1.807, 2.05) is 32.0 Å². The second-order valence-electron chi connectivity index (χ2n) is 4.42. The Morgan fingerprint density at radius 3 is 2.52 bits per heavy atom. The maximum Gasteiger partial charge on any atom is 0.297 e. The Hall–Kier alpha value is -2.83. The maximum absolute atomic E-state index is 12.3. The summed E-state index contributed by atoms with van der Waals surface area (Å²) < 4.78 is 12.2. The van der Waals surface area contributed by atoms with Crippen molar-refractivity contribution in [1.29, 1.82) is 0 Å². The number of nitrogens with zero attached hydrogens (tertiary/aromatic N) is 3. The van der Waals surface area contributed by atoms with Gasteiger partial charge in [-0.05, 0) is 12.1 Å². The molecule has 23 heavy (non-hydrogen) atoms. The highest BCUT2D eigenvalue weighted by atomic mass is 16.5. The molecule has 0 aliphatic carbocycles. The van der Waals surface area contributed by atoms with Crippen LogP contribution < -0.4 is 15.6 Å². The van der Waals surface area contributed by atoms with Gasteiger partial charge in [0.05, 0.1) is 7.11 Å². The van der Waals surface area contributed by atoms with E-state index in [1.165, 1.54) is 11.7 Å². The lowest BCUT2D eigenvalue weighted by atomic mass is 10.3. The highest BCUT2D eigenvalue weighted by molar-refractivity contribution is 5.76. The van der Waals surface area contributed by atoms with Gasteiger partial charge in [-0.15, -0.1) is 0 Å². The molecule has 0 unspecified atom stereocenters. The molecule has 1 N–H and O–H groups in total. The summed E-state index contributed by atoms with van der Waals surface area (Å²) in [5.74, 6) is 0.753. The van der Waals surface area contributed by atoms with Crippen LogP contribution in [0.2, 0.25) is 0 Å². The first-order valence-corrected chi connectivity index (χ1v) is 7.34. The van der Waals surface area contributed by atoms with E-state index in [4.69, 9.17) is 9.15 Å². The maximum atomic E-state index is 12.3. The largest absolute Gasteiger partial charge is 0.489 e. The van der Waals surface area contributed by atoms with Crippen molar-refractivity contribution in [2.24, 2.45) is 7.05 Å². The van der Waals surface area contributed by atoms with Crippen LogP contribution in [0.15, 0.2) is 33.5 Å². The minimum Gasteiger partial charge on any atom is -0.489 e. The number of aromatic nitrogens is 3. The van der Waals surface area contributed by atoms with E-state index in [9.17, 15) is 4.79 Å². The lowest BCUT2D eigenvalue weighted by molar-refractivity contribution is 0.402. The van der Waals surface area contributed by atoms with E-state index >= 15 is 0 Å². The molecule has 0 saturated carbocycles. The fourth-order valence-electron chi connectivity index (χ4n) is 2.11. The highest BCUT2D eigenvalue weighted by Gasteiger charge is 2.20. The van der Waals surface area contributed by atoms with Crippen LogP contribution >= 0.6 is 0 Å². The molecular formula is C16H20N4O3. The summed E-state index contributed by atoms with van der Waals surface area (Å²) in [6.45, 7) is 4.00. The number of benzene rings is 1. The molecule has 2 aromatic heterocycles. The van der Waals surface area contributed by atoms with Gasteiger partial charge in [-0.3, -0.25) is 9.36 Å². The predicted molar refractivity (Wildman–Crippen MR) is 89.9 cm³/mol. The number of ether oxygens (including phenoxy) is 1. The molecule has 122 valence electrons. The Kier molecular flexibility index (Phi) is 5.00. The van der Waals surface area contributed by atoms with Crippen LogP contribution in [-0.2, 0) is 7.05 Å². The van der Waals surface area contributed by atoms with Crippen molar-refractivity contribution < 1.29 is 9.15 Å². The Balaban J connectivity index is 0.000000924. The minimum absolute atomic E-state index is 0.100. The summed E-state index contributed by atoms with van der Waals surface area (Å²) >= 11 is 0. The summed E-state index contributed by atoms with van der Waals surface area (Å²) in [4.78, 5) is 21.0. The summed E-state index contributed by atoms with van der Waals surface area (Å²) in [5.41, 5.74) is 1.29. The lowest BCUT2D eigenvalue weighted by Crippen LogP contribution is -2.23. The zero-order valence-electron chi connectivity index (χ0n) is 13.9. The minimum atomic E-state index is -0.311. The third-order valence-electron chi connectivity index (χ3n) is 3.17. The van der Waals surface area contributed by atoms with Crippen LogP contribution in [0.5, 0.6) is 5.75 Å². The van der Waals surface area contributed by atoms with Gasteiger partial charge in [-0.25, -0.2) is 9.97 Å². The molecule has 3 rings (SSSR count). The molecule has 0 saturated heterocycles. The Morgan fingerprint density at radius 1 is 1.22 bits per heavy atom. The van der Waals surface area contributed by atoms with Crippen molar-refractivity contribution in [2.75, 3.05) is 19.5 Å². The van der Waals surface area contributed by atoms with Gasteiger partial charge in [0, 0.05) is 14.1 Å². The van der Waals surface area contributed by atoms with Gasteiger partial charge in [0.25, 0.3) is 11.4 Å². The van der Waals surface area contributed by atoms with Crippen LogP contribution in [0, 0.1) is 0 Å². The topological polar surface area (TPSA) is 82.2 Å². The van der Waals surface area contributed by atoms with Crippen LogP contribution in [0.25, 0.3) is 22.7 Å². The number of nitrogens with one attached hydrogen (secondary N) is 1. The molecule has 0 spiro atoms. The first-order valence-electron chi connectivity index (χ1n) is 7.34. The SMILES string of the molecule is CC.CNc1nc(-c2nc3ccccc3o2)c(OC)c(=O)n1C. The molecule has 0 aliphatic heterocycles.